The van der Waals surface area contributed by atoms with E-state index >= 15 is 0 Å². The van der Waals surface area contributed by atoms with E-state index < -0.39 is 10.0 Å². The summed E-state index contributed by atoms with van der Waals surface area (Å²) in [6.45, 7) is 3.20. The zero-order chi connectivity index (χ0) is 11.9. The molecule has 1 aliphatic rings. The monoisotopic (exact) mass is 244 g/mol. The quantitative estimate of drug-likeness (QED) is 0.765. The predicted octanol–water partition coefficient (Wildman–Crippen LogP) is -0.679. The summed E-state index contributed by atoms with van der Waals surface area (Å²) in [6.07, 6.45) is 1.55. The van der Waals surface area contributed by atoms with Gasteiger partial charge in [-0.05, 0) is 6.92 Å². The number of aromatic nitrogens is 2. The van der Waals surface area contributed by atoms with Gasteiger partial charge in [-0.15, -0.1) is 0 Å². The van der Waals surface area contributed by atoms with E-state index in [4.69, 9.17) is 0 Å². The summed E-state index contributed by atoms with van der Waals surface area (Å²) in [6, 6.07) is 0.0484. The zero-order valence-electron chi connectivity index (χ0n) is 9.64. The first-order chi connectivity index (χ1) is 7.43. The van der Waals surface area contributed by atoms with Crippen molar-refractivity contribution >= 4 is 10.0 Å². The van der Waals surface area contributed by atoms with Crippen LogP contribution in [0.3, 0.4) is 0 Å². The van der Waals surface area contributed by atoms with Gasteiger partial charge < -0.3 is 9.88 Å². The van der Waals surface area contributed by atoms with Crippen LogP contribution in [0, 0.1) is 6.92 Å². The molecule has 90 valence electrons. The van der Waals surface area contributed by atoms with Crippen LogP contribution >= 0.6 is 0 Å². The second-order valence-electron chi connectivity index (χ2n) is 4.07. The molecule has 0 aromatic carbocycles. The number of imidazole rings is 1. The standard InChI is InChI=1S/C9H16N4O2S/c1-7-11-9(6-12(7)2)16(14,15)13(3)8-4-10-5-8/h6,8,10H,4-5H2,1-3H3. The Morgan fingerprint density at radius 3 is 2.56 bits per heavy atom. The first kappa shape index (κ1) is 11.6. The number of hydrogen-bond acceptors (Lipinski definition) is 4. The molecule has 1 saturated heterocycles. The van der Waals surface area contributed by atoms with Crippen molar-refractivity contribution in [3.8, 4) is 0 Å². The normalized spacial score (nSPS) is 17.8. The summed E-state index contributed by atoms with van der Waals surface area (Å²) in [4.78, 5) is 4.06. The van der Waals surface area contributed by atoms with Crippen LogP contribution in [-0.2, 0) is 17.1 Å². The Balaban J connectivity index is 2.30. The second-order valence-corrected chi connectivity index (χ2v) is 6.01. The topological polar surface area (TPSA) is 67.2 Å². The van der Waals surface area contributed by atoms with Crippen LogP contribution in [0.4, 0.5) is 0 Å². The fourth-order valence-corrected chi connectivity index (χ4v) is 2.90. The predicted molar refractivity (Wildman–Crippen MR) is 59.6 cm³/mol. The molecule has 0 bridgehead atoms. The van der Waals surface area contributed by atoms with Crippen molar-refractivity contribution in [3.05, 3.63) is 12.0 Å². The van der Waals surface area contributed by atoms with Crippen molar-refractivity contribution in [3.63, 3.8) is 0 Å². The molecule has 0 saturated carbocycles. The van der Waals surface area contributed by atoms with Gasteiger partial charge in [0, 0.05) is 39.4 Å². The van der Waals surface area contributed by atoms with Crippen molar-refractivity contribution in [2.24, 2.45) is 7.05 Å². The van der Waals surface area contributed by atoms with Crippen molar-refractivity contribution in [2.45, 2.75) is 18.0 Å². The number of hydrogen-bond donors (Lipinski definition) is 1. The van der Waals surface area contributed by atoms with Gasteiger partial charge in [0.1, 0.15) is 5.82 Å². The third-order valence-corrected chi connectivity index (χ3v) is 4.79. The van der Waals surface area contributed by atoms with Crippen LogP contribution in [0.15, 0.2) is 11.2 Å². The molecular formula is C9H16N4O2S. The lowest BCUT2D eigenvalue weighted by Crippen LogP contribution is -2.57. The molecule has 2 rings (SSSR count). The minimum absolute atomic E-state index is 0.0484. The Bertz CT molecular complexity index is 470. The summed E-state index contributed by atoms with van der Waals surface area (Å²) in [5.74, 6) is 0.693. The molecule has 1 aliphatic heterocycles. The Hall–Kier alpha value is -0.920. The Morgan fingerprint density at radius 2 is 2.19 bits per heavy atom. The molecule has 0 unspecified atom stereocenters. The fraction of sp³-hybridized carbons (Fsp3) is 0.667. The highest BCUT2D eigenvalue weighted by Gasteiger charge is 2.33. The average Bonchev–Trinajstić information content (AvgIpc) is 2.44. The van der Waals surface area contributed by atoms with Crippen LogP contribution in [0.2, 0.25) is 0 Å². The minimum atomic E-state index is -3.44. The highest BCUT2D eigenvalue weighted by Crippen LogP contribution is 2.17. The van der Waals surface area contributed by atoms with Gasteiger partial charge in [0.25, 0.3) is 10.0 Å². The number of aryl methyl sites for hydroxylation is 2. The molecule has 1 fully saturated rings. The molecule has 1 aromatic heterocycles. The number of likely N-dealkylation sites (N-methyl/N-ethyl adjacent to an activating group) is 1. The van der Waals surface area contributed by atoms with Gasteiger partial charge in [0.05, 0.1) is 0 Å². The van der Waals surface area contributed by atoms with Crippen LogP contribution < -0.4 is 5.32 Å². The molecule has 2 heterocycles. The van der Waals surface area contributed by atoms with Crippen LogP contribution in [0.5, 0.6) is 0 Å². The second kappa shape index (κ2) is 3.83. The summed E-state index contributed by atoms with van der Waals surface area (Å²) in [5.41, 5.74) is 0. The van der Waals surface area contributed by atoms with Crippen molar-refractivity contribution in [1.82, 2.24) is 19.2 Å². The smallest absolute Gasteiger partial charge is 0.262 e. The third-order valence-electron chi connectivity index (χ3n) is 3.00. The third kappa shape index (κ3) is 1.74. The van der Waals surface area contributed by atoms with E-state index in [0.717, 1.165) is 0 Å². The summed E-state index contributed by atoms with van der Waals surface area (Å²) >= 11 is 0. The first-order valence-electron chi connectivity index (χ1n) is 5.11. The van der Waals surface area contributed by atoms with Crippen LogP contribution in [0.25, 0.3) is 0 Å². The Morgan fingerprint density at radius 1 is 1.56 bits per heavy atom. The molecule has 0 atom stereocenters. The van der Waals surface area contributed by atoms with Gasteiger partial charge in [-0.2, -0.15) is 4.31 Å². The van der Waals surface area contributed by atoms with Gasteiger partial charge in [-0.1, -0.05) is 0 Å². The molecule has 1 N–H and O–H groups in total. The average molecular weight is 244 g/mol. The largest absolute Gasteiger partial charge is 0.337 e. The number of nitrogens with zero attached hydrogens (tertiary/aromatic N) is 3. The number of nitrogens with one attached hydrogen (secondary N) is 1. The maximum atomic E-state index is 12.2. The van der Waals surface area contributed by atoms with Crippen molar-refractivity contribution in [2.75, 3.05) is 20.1 Å². The van der Waals surface area contributed by atoms with E-state index in [1.807, 2.05) is 0 Å². The van der Waals surface area contributed by atoms with E-state index in [1.165, 1.54) is 4.31 Å². The maximum absolute atomic E-state index is 12.2. The lowest BCUT2D eigenvalue weighted by molar-refractivity contribution is 0.273. The molecule has 6 nitrogen and oxygen atoms in total. The van der Waals surface area contributed by atoms with E-state index in [0.29, 0.717) is 18.9 Å². The van der Waals surface area contributed by atoms with Gasteiger partial charge >= 0.3 is 0 Å². The van der Waals surface area contributed by atoms with Gasteiger partial charge in [-0.25, -0.2) is 13.4 Å². The Labute approximate surface area is 95.3 Å². The van der Waals surface area contributed by atoms with Gasteiger partial charge in [0.15, 0.2) is 5.03 Å². The molecule has 0 spiro atoms. The molecule has 16 heavy (non-hydrogen) atoms. The maximum Gasteiger partial charge on any atom is 0.262 e. The lowest BCUT2D eigenvalue weighted by atomic mass is 10.2. The molecule has 0 radical (unpaired) electrons. The van der Waals surface area contributed by atoms with Crippen molar-refractivity contribution in [1.29, 1.82) is 0 Å². The van der Waals surface area contributed by atoms with Crippen LogP contribution in [-0.4, -0.2) is 48.5 Å². The van der Waals surface area contributed by atoms with E-state index in [1.54, 1.807) is 31.8 Å². The zero-order valence-corrected chi connectivity index (χ0v) is 10.5. The molecule has 0 amide bonds. The first-order valence-corrected chi connectivity index (χ1v) is 6.55. The molecule has 7 heteroatoms. The lowest BCUT2D eigenvalue weighted by Gasteiger charge is -2.34. The molecular weight excluding hydrogens is 228 g/mol. The highest BCUT2D eigenvalue weighted by molar-refractivity contribution is 7.89. The highest BCUT2D eigenvalue weighted by atomic mass is 32.2. The van der Waals surface area contributed by atoms with Crippen LogP contribution in [0.1, 0.15) is 5.82 Å². The summed E-state index contributed by atoms with van der Waals surface area (Å²) < 4.78 is 27.4. The number of sulfonamides is 1. The summed E-state index contributed by atoms with van der Waals surface area (Å²) in [5, 5.41) is 3.18. The van der Waals surface area contributed by atoms with E-state index in [2.05, 4.69) is 10.3 Å². The molecule has 0 aliphatic carbocycles. The fourth-order valence-electron chi connectivity index (χ4n) is 1.52. The number of rotatable bonds is 3. The Kier molecular flexibility index (Phi) is 2.77. The SMILES string of the molecule is Cc1nc(S(=O)(=O)N(C)C2CNC2)cn1C. The molecule has 1 aromatic rings. The van der Waals surface area contributed by atoms with E-state index in [9.17, 15) is 8.42 Å². The van der Waals surface area contributed by atoms with Gasteiger partial charge in [-0.3, -0.25) is 0 Å². The summed E-state index contributed by atoms with van der Waals surface area (Å²) in [7, 11) is -0.0533. The van der Waals surface area contributed by atoms with E-state index in [-0.39, 0.29) is 11.1 Å². The van der Waals surface area contributed by atoms with Gasteiger partial charge in [0.2, 0.25) is 0 Å². The minimum Gasteiger partial charge on any atom is -0.337 e. The van der Waals surface area contributed by atoms with Crippen molar-refractivity contribution < 1.29 is 8.42 Å².